The average Bonchev–Trinajstić information content (AvgIpc) is 2.10. The van der Waals surface area contributed by atoms with Crippen LogP contribution in [-0.4, -0.2) is 31.6 Å². The van der Waals surface area contributed by atoms with Crippen LogP contribution in [0.4, 0.5) is 0 Å². The minimum Gasteiger partial charge on any atom is -0.396 e. The summed E-state index contributed by atoms with van der Waals surface area (Å²) in [5, 5.41) is 8.78. The van der Waals surface area contributed by atoms with Gasteiger partial charge in [0.05, 0.1) is 11.5 Å². The topological polar surface area (TPSA) is 54.4 Å². The molecule has 66 valence electrons. The second-order valence-electron chi connectivity index (χ2n) is 3.16. The van der Waals surface area contributed by atoms with Gasteiger partial charge in [-0.2, -0.15) is 0 Å². The molecule has 1 aliphatic heterocycles. The molecule has 0 aromatic heterocycles. The molecule has 1 aliphatic rings. The zero-order valence-electron chi connectivity index (χ0n) is 6.49. The summed E-state index contributed by atoms with van der Waals surface area (Å²) in [4.78, 5) is 0. The number of hydrogen-bond acceptors (Lipinski definition) is 3. The SMILES string of the molecule is O=S1(=O)CCCC[C@@H](CO)C1. The lowest BCUT2D eigenvalue weighted by Gasteiger charge is -2.07. The minimum absolute atomic E-state index is 0.0116. The Hall–Kier alpha value is -0.0900. The Morgan fingerprint density at radius 3 is 2.73 bits per heavy atom. The number of aliphatic hydroxyl groups is 1. The molecule has 0 aromatic rings. The fraction of sp³-hybridized carbons (Fsp3) is 1.00. The van der Waals surface area contributed by atoms with E-state index in [9.17, 15) is 8.42 Å². The van der Waals surface area contributed by atoms with Crippen LogP contribution in [0, 0.1) is 5.92 Å². The Balaban J connectivity index is 2.61. The van der Waals surface area contributed by atoms with E-state index in [-0.39, 0.29) is 18.3 Å². The maximum Gasteiger partial charge on any atom is 0.150 e. The van der Waals surface area contributed by atoms with Gasteiger partial charge in [0.1, 0.15) is 0 Å². The molecule has 0 aromatic carbocycles. The first-order valence-corrected chi connectivity index (χ1v) is 5.77. The second kappa shape index (κ2) is 3.54. The van der Waals surface area contributed by atoms with Gasteiger partial charge in [-0.05, 0) is 18.8 Å². The molecule has 3 nitrogen and oxygen atoms in total. The Kier molecular flexibility index (Phi) is 2.90. The number of aliphatic hydroxyl groups excluding tert-OH is 1. The van der Waals surface area contributed by atoms with Gasteiger partial charge in [-0.1, -0.05) is 6.42 Å². The first-order chi connectivity index (χ1) is 5.14. The van der Waals surface area contributed by atoms with Gasteiger partial charge in [0.15, 0.2) is 9.84 Å². The van der Waals surface area contributed by atoms with E-state index >= 15 is 0 Å². The van der Waals surface area contributed by atoms with E-state index in [0.29, 0.717) is 5.75 Å². The molecule has 1 rings (SSSR count). The molecule has 0 saturated carbocycles. The average molecular weight is 178 g/mol. The molecule has 0 spiro atoms. The van der Waals surface area contributed by atoms with Crippen LogP contribution in [-0.2, 0) is 9.84 Å². The lowest BCUT2D eigenvalue weighted by atomic mass is 10.1. The highest BCUT2D eigenvalue weighted by Crippen LogP contribution is 2.17. The van der Waals surface area contributed by atoms with E-state index < -0.39 is 9.84 Å². The highest BCUT2D eigenvalue weighted by molar-refractivity contribution is 7.91. The number of hydrogen-bond donors (Lipinski definition) is 1. The van der Waals surface area contributed by atoms with Gasteiger partial charge in [-0.15, -0.1) is 0 Å². The lowest BCUT2D eigenvalue weighted by molar-refractivity contribution is 0.231. The van der Waals surface area contributed by atoms with Gasteiger partial charge >= 0.3 is 0 Å². The van der Waals surface area contributed by atoms with Crippen molar-refractivity contribution in [3.63, 3.8) is 0 Å². The molecule has 0 bridgehead atoms. The summed E-state index contributed by atoms with van der Waals surface area (Å²) in [6.45, 7) is 0.0131. The van der Waals surface area contributed by atoms with E-state index in [1.54, 1.807) is 0 Å². The number of sulfone groups is 1. The summed E-state index contributed by atoms with van der Waals surface area (Å²) >= 11 is 0. The molecule has 1 N–H and O–H groups in total. The van der Waals surface area contributed by atoms with E-state index in [1.165, 1.54) is 0 Å². The Morgan fingerprint density at radius 2 is 2.09 bits per heavy atom. The van der Waals surface area contributed by atoms with Crippen LogP contribution >= 0.6 is 0 Å². The van der Waals surface area contributed by atoms with Crippen molar-refractivity contribution in [1.29, 1.82) is 0 Å². The summed E-state index contributed by atoms with van der Waals surface area (Å²) in [6, 6.07) is 0. The van der Waals surface area contributed by atoms with Crippen molar-refractivity contribution in [2.45, 2.75) is 19.3 Å². The molecule has 4 heteroatoms. The normalized spacial score (nSPS) is 31.2. The number of rotatable bonds is 1. The van der Waals surface area contributed by atoms with E-state index in [4.69, 9.17) is 5.11 Å². The van der Waals surface area contributed by atoms with Gasteiger partial charge in [-0.3, -0.25) is 0 Å². The van der Waals surface area contributed by atoms with Gasteiger partial charge in [-0.25, -0.2) is 8.42 Å². The van der Waals surface area contributed by atoms with Crippen LogP contribution in [0.15, 0.2) is 0 Å². The summed E-state index contributed by atoms with van der Waals surface area (Å²) in [5.41, 5.74) is 0. The maximum absolute atomic E-state index is 11.1. The zero-order chi connectivity index (χ0) is 8.32. The smallest absolute Gasteiger partial charge is 0.150 e. The van der Waals surface area contributed by atoms with Crippen LogP contribution in [0.3, 0.4) is 0 Å². The highest BCUT2D eigenvalue weighted by Gasteiger charge is 2.21. The Bertz CT molecular complexity index is 208. The van der Waals surface area contributed by atoms with E-state index in [2.05, 4.69) is 0 Å². The van der Waals surface area contributed by atoms with Crippen LogP contribution in [0.25, 0.3) is 0 Å². The van der Waals surface area contributed by atoms with Crippen molar-refractivity contribution in [3.8, 4) is 0 Å². The quantitative estimate of drug-likeness (QED) is 0.623. The van der Waals surface area contributed by atoms with Crippen molar-refractivity contribution in [2.75, 3.05) is 18.1 Å². The van der Waals surface area contributed by atoms with Crippen molar-refractivity contribution in [3.05, 3.63) is 0 Å². The third-order valence-electron chi connectivity index (χ3n) is 2.07. The third kappa shape index (κ3) is 2.79. The molecule has 0 unspecified atom stereocenters. The van der Waals surface area contributed by atoms with E-state index in [1.807, 2.05) is 0 Å². The first kappa shape index (κ1) is 9.00. The third-order valence-corrected chi connectivity index (χ3v) is 3.96. The van der Waals surface area contributed by atoms with Gasteiger partial charge in [0.25, 0.3) is 0 Å². The predicted molar refractivity (Wildman–Crippen MR) is 43.1 cm³/mol. The zero-order valence-corrected chi connectivity index (χ0v) is 7.31. The van der Waals surface area contributed by atoms with E-state index in [0.717, 1.165) is 19.3 Å². The fourth-order valence-corrected chi connectivity index (χ4v) is 3.23. The molecule has 1 atom stereocenters. The molecule has 1 saturated heterocycles. The highest BCUT2D eigenvalue weighted by atomic mass is 32.2. The molecule has 0 radical (unpaired) electrons. The molecular formula is C7H14O3S. The standard InChI is InChI=1S/C7H14O3S/c8-5-7-3-1-2-4-11(9,10)6-7/h7-8H,1-6H2/t7-/m0/s1. The van der Waals surface area contributed by atoms with Crippen LogP contribution in [0.5, 0.6) is 0 Å². The Labute approximate surface area is 67.3 Å². The molecule has 11 heavy (non-hydrogen) atoms. The summed E-state index contributed by atoms with van der Waals surface area (Å²) < 4.78 is 22.3. The lowest BCUT2D eigenvalue weighted by Crippen LogP contribution is -2.18. The molecule has 1 fully saturated rings. The molecule has 1 heterocycles. The van der Waals surface area contributed by atoms with Crippen molar-refractivity contribution >= 4 is 9.84 Å². The fourth-order valence-electron chi connectivity index (χ4n) is 1.42. The summed E-state index contributed by atoms with van der Waals surface area (Å²) in [6.07, 6.45) is 2.55. The summed E-state index contributed by atoms with van der Waals surface area (Å²) in [5.74, 6) is 0.481. The maximum atomic E-state index is 11.1. The van der Waals surface area contributed by atoms with Gasteiger partial charge in [0.2, 0.25) is 0 Å². The Morgan fingerprint density at radius 1 is 1.36 bits per heavy atom. The molecule has 0 amide bonds. The molecular weight excluding hydrogens is 164 g/mol. The van der Waals surface area contributed by atoms with Crippen LogP contribution < -0.4 is 0 Å². The van der Waals surface area contributed by atoms with Crippen molar-refractivity contribution in [1.82, 2.24) is 0 Å². The van der Waals surface area contributed by atoms with Crippen molar-refractivity contribution < 1.29 is 13.5 Å². The van der Waals surface area contributed by atoms with Crippen LogP contribution in [0.1, 0.15) is 19.3 Å². The van der Waals surface area contributed by atoms with Gasteiger partial charge in [0, 0.05) is 6.61 Å². The first-order valence-electron chi connectivity index (χ1n) is 3.95. The minimum atomic E-state index is -2.84. The molecule has 0 aliphatic carbocycles. The van der Waals surface area contributed by atoms with Gasteiger partial charge < -0.3 is 5.11 Å². The predicted octanol–water partition coefficient (Wildman–Crippen LogP) is 0.194. The second-order valence-corrected chi connectivity index (χ2v) is 5.39. The largest absolute Gasteiger partial charge is 0.396 e. The van der Waals surface area contributed by atoms with Crippen LogP contribution in [0.2, 0.25) is 0 Å². The van der Waals surface area contributed by atoms with Crippen molar-refractivity contribution in [2.24, 2.45) is 5.92 Å². The summed E-state index contributed by atoms with van der Waals surface area (Å²) in [7, 11) is -2.84. The monoisotopic (exact) mass is 178 g/mol.